The van der Waals surface area contributed by atoms with Gasteiger partial charge in [-0.05, 0) is 135 Å². The predicted molar refractivity (Wildman–Crippen MR) is 192 cm³/mol. The highest BCUT2D eigenvalue weighted by atomic mass is 16.6. The van der Waals surface area contributed by atoms with Gasteiger partial charge in [0.05, 0.1) is 11.7 Å². The van der Waals surface area contributed by atoms with Crippen molar-refractivity contribution >= 4 is 11.6 Å². The van der Waals surface area contributed by atoms with Crippen molar-refractivity contribution < 1.29 is 24.5 Å². The van der Waals surface area contributed by atoms with E-state index < -0.39 is 11.5 Å². The van der Waals surface area contributed by atoms with Gasteiger partial charge in [-0.2, -0.15) is 0 Å². The van der Waals surface area contributed by atoms with E-state index in [1.54, 1.807) is 6.07 Å². The number of rotatable bonds is 7. The Kier molecular flexibility index (Phi) is 8.02. The lowest BCUT2D eigenvalue weighted by atomic mass is 9.33. The first-order valence-electron chi connectivity index (χ1n) is 20.1. The largest absolute Gasteiger partial charge is 0.508 e. The monoisotopic (exact) mass is 670 g/mol. The molecule has 0 radical (unpaired) electrons. The van der Waals surface area contributed by atoms with Crippen LogP contribution in [0.5, 0.6) is 5.75 Å². The van der Waals surface area contributed by atoms with E-state index >= 15 is 0 Å². The Morgan fingerprint density at radius 3 is 2.24 bits per heavy atom. The fourth-order valence-corrected chi connectivity index (χ4v) is 14.5. The Balaban J connectivity index is 1.14. The summed E-state index contributed by atoms with van der Waals surface area (Å²) in [4.78, 5) is 28.8. The fourth-order valence-electron chi connectivity index (χ4n) is 14.5. The van der Waals surface area contributed by atoms with Crippen molar-refractivity contribution in [2.24, 2.45) is 51.2 Å². The van der Waals surface area contributed by atoms with Crippen molar-refractivity contribution in [3.63, 3.8) is 0 Å². The number of hydrogen-bond acceptors (Lipinski definition) is 5. The van der Waals surface area contributed by atoms with Crippen LogP contribution in [-0.4, -0.2) is 39.6 Å². The summed E-state index contributed by atoms with van der Waals surface area (Å²) in [5, 5.41) is 22.0. The topological polar surface area (TPSA) is 87.1 Å². The van der Waals surface area contributed by atoms with Crippen LogP contribution in [0.15, 0.2) is 35.4 Å². The molecule has 10 atom stereocenters. The van der Waals surface area contributed by atoms with E-state index in [1.165, 1.54) is 56.9 Å². The smallest absolute Gasteiger partial charge is 0.159 e. The first-order chi connectivity index (χ1) is 23.2. The van der Waals surface area contributed by atoms with Gasteiger partial charge < -0.3 is 14.9 Å². The number of aliphatic hydroxyl groups is 1. The maximum atomic E-state index is 14.5. The highest BCUT2D eigenvalue weighted by molar-refractivity contribution is 6.00. The minimum absolute atomic E-state index is 0.0120. The number of allylic oxidation sites excluding steroid dienone is 2. The van der Waals surface area contributed by atoms with E-state index in [9.17, 15) is 19.8 Å². The number of carbonyl (C=O) groups is 2. The number of ether oxygens (including phenoxy) is 1. The average molecular weight is 671 g/mol. The molecule has 0 aromatic heterocycles. The normalized spacial score (nSPS) is 43.3. The van der Waals surface area contributed by atoms with E-state index in [1.807, 2.05) is 12.1 Å². The molecule has 6 fully saturated rings. The minimum Gasteiger partial charge on any atom is -0.508 e. The van der Waals surface area contributed by atoms with Gasteiger partial charge in [0.25, 0.3) is 0 Å². The SMILES string of the molecule is C[C@H](C[C@@H](O)[C@H]1O[C@]1(C)C1CCCC1)C1=C2CC[C@@H]3[C@]4(C5CCCC5)C[C@H](c5cccc(O)c5)C(=O)C(C)(C)[C@@H]4CC[C@]3(C)[C@@]2(C)CC1=O. The maximum absolute atomic E-state index is 14.5. The van der Waals surface area contributed by atoms with E-state index in [-0.39, 0.29) is 45.5 Å². The quantitative estimate of drug-likeness (QED) is 0.282. The Hall–Kier alpha value is -1.98. The van der Waals surface area contributed by atoms with Crippen LogP contribution in [0.3, 0.4) is 0 Å². The average Bonchev–Trinajstić information content (AvgIpc) is 3.53. The number of ketones is 2. The highest BCUT2D eigenvalue weighted by Crippen LogP contribution is 2.77. The summed E-state index contributed by atoms with van der Waals surface area (Å²) >= 11 is 0. The molecule has 1 aliphatic heterocycles. The number of hydrogen-bond donors (Lipinski definition) is 2. The molecule has 5 heteroatoms. The zero-order valence-corrected chi connectivity index (χ0v) is 31.2. The molecule has 49 heavy (non-hydrogen) atoms. The summed E-state index contributed by atoms with van der Waals surface area (Å²) < 4.78 is 6.25. The van der Waals surface area contributed by atoms with Crippen LogP contribution in [0, 0.1) is 51.2 Å². The lowest BCUT2D eigenvalue weighted by molar-refractivity contribution is -0.207. The highest BCUT2D eigenvalue weighted by Gasteiger charge is 2.72. The van der Waals surface area contributed by atoms with E-state index in [0.717, 1.165) is 43.2 Å². The number of phenolic OH excluding ortho intramolecular Hbond substituents is 1. The predicted octanol–water partition coefficient (Wildman–Crippen LogP) is 9.49. The van der Waals surface area contributed by atoms with Crippen LogP contribution >= 0.6 is 0 Å². The second-order valence-corrected chi connectivity index (χ2v) is 19.4. The number of Topliss-reactive ketones (excluding diaryl/α,β-unsaturated/α-hetero) is 2. The van der Waals surface area contributed by atoms with Crippen LogP contribution in [0.4, 0.5) is 0 Å². The van der Waals surface area contributed by atoms with Crippen molar-refractivity contribution in [2.75, 3.05) is 0 Å². The Morgan fingerprint density at radius 1 is 0.898 bits per heavy atom. The van der Waals surface area contributed by atoms with Gasteiger partial charge in [-0.25, -0.2) is 0 Å². The zero-order chi connectivity index (χ0) is 34.7. The summed E-state index contributed by atoms with van der Waals surface area (Å²) in [6.07, 6.45) is 15.4. The van der Waals surface area contributed by atoms with Gasteiger partial charge in [-0.3, -0.25) is 9.59 Å². The van der Waals surface area contributed by atoms with Crippen molar-refractivity contribution in [3.05, 3.63) is 41.0 Å². The minimum atomic E-state index is -0.544. The molecule has 1 heterocycles. The van der Waals surface area contributed by atoms with Gasteiger partial charge in [-0.15, -0.1) is 0 Å². The molecule has 0 unspecified atom stereocenters. The van der Waals surface area contributed by atoms with Crippen LogP contribution in [0.1, 0.15) is 149 Å². The summed E-state index contributed by atoms with van der Waals surface area (Å²) in [7, 11) is 0. The molecule has 1 aromatic carbocycles. The van der Waals surface area contributed by atoms with Gasteiger partial charge in [0.15, 0.2) is 5.78 Å². The number of carbonyl (C=O) groups excluding carboxylic acids is 2. The number of epoxide rings is 1. The lowest BCUT2D eigenvalue weighted by Crippen LogP contribution is -2.66. The van der Waals surface area contributed by atoms with Crippen molar-refractivity contribution in [3.8, 4) is 5.75 Å². The summed E-state index contributed by atoms with van der Waals surface area (Å²) in [5.74, 6) is 2.58. The summed E-state index contributed by atoms with van der Waals surface area (Å²) in [6.45, 7) is 13.8. The molecule has 0 bridgehead atoms. The second-order valence-electron chi connectivity index (χ2n) is 19.4. The van der Waals surface area contributed by atoms with Gasteiger partial charge in [0.1, 0.15) is 17.6 Å². The molecule has 1 aromatic rings. The molecular formula is C44H62O5. The van der Waals surface area contributed by atoms with E-state index in [4.69, 9.17) is 4.74 Å². The zero-order valence-electron chi connectivity index (χ0n) is 31.2. The molecule has 0 amide bonds. The number of aromatic hydroxyl groups is 1. The van der Waals surface area contributed by atoms with Gasteiger partial charge in [-0.1, -0.05) is 78.0 Å². The fraction of sp³-hybridized carbons (Fsp3) is 0.773. The van der Waals surface area contributed by atoms with Crippen LogP contribution in [-0.2, 0) is 14.3 Å². The number of phenols is 1. The first kappa shape index (κ1) is 34.1. The molecule has 8 rings (SSSR count). The standard InChI is InChI=1S/C44H62O5/c1-26(22-33(46)39-43(6,49-39)28-13-7-8-14-28)37-32-18-19-36-41(4,42(32,5)25-34(37)47)21-20-35-40(2,3)38(48)31(27-12-11-17-30(45)23-27)24-44(35,36)29-15-9-10-16-29/h11-12,17,23,26,28-29,31,33,35-36,39,45-46H,7-10,13-16,18-22,24-25H2,1-6H3/t26-,31-,33-,35+,36+,39-,41+,42+,43-,44+/m1/s1. The van der Waals surface area contributed by atoms with E-state index in [2.05, 4.69) is 47.6 Å². The van der Waals surface area contributed by atoms with Crippen molar-refractivity contribution in [1.29, 1.82) is 0 Å². The number of aliphatic hydroxyl groups excluding tert-OH is 1. The Labute approximate surface area is 295 Å². The maximum Gasteiger partial charge on any atom is 0.159 e. The third kappa shape index (κ3) is 4.75. The summed E-state index contributed by atoms with van der Waals surface area (Å²) in [5.41, 5.74) is 2.50. The molecule has 6 aliphatic carbocycles. The summed E-state index contributed by atoms with van der Waals surface area (Å²) in [6, 6.07) is 7.52. The molecular weight excluding hydrogens is 608 g/mol. The third-order valence-electron chi connectivity index (χ3n) is 17.0. The van der Waals surface area contributed by atoms with Crippen LogP contribution in [0.25, 0.3) is 0 Å². The first-order valence-corrected chi connectivity index (χ1v) is 20.1. The second kappa shape index (κ2) is 11.5. The van der Waals surface area contributed by atoms with Gasteiger partial charge in [0, 0.05) is 23.2 Å². The third-order valence-corrected chi connectivity index (χ3v) is 17.0. The Bertz CT molecular complexity index is 1550. The lowest BCUT2D eigenvalue weighted by Gasteiger charge is -2.71. The van der Waals surface area contributed by atoms with E-state index in [0.29, 0.717) is 48.1 Å². The number of benzene rings is 1. The molecule has 5 saturated carbocycles. The molecule has 5 nitrogen and oxygen atoms in total. The molecule has 7 aliphatic rings. The Morgan fingerprint density at radius 2 is 1.57 bits per heavy atom. The van der Waals surface area contributed by atoms with Crippen LogP contribution in [0.2, 0.25) is 0 Å². The van der Waals surface area contributed by atoms with Crippen molar-refractivity contribution in [1.82, 2.24) is 0 Å². The molecule has 1 saturated heterocycles. The molecule has 2 N–H and O–H groups in total. The van der Waals surface area contributed by atoms with Gasteiger partial charge in [0.2, 0.25) is 0 Å². The molecule has 0 spiro atoms. The van der Waals surface area contributed by atoms with Crippen LogP contribution < -0.4 is 0 Å². The number of fused-ring (bicyclic) bond motifs is 5. The molecule has 268 valence electrons. The van der Waals surface area contributed by atoms with Crippen molar-refractivity contribution in [2.45, 2.75) is 162 Å². The van der Waals surface area contributed by atoms with Gasteiger partial charge >= 0.3 is 0 Å².